The summed E-state index contributed by atoms with van der Waals surface area (Å²) in [7, 11) is 0. The third-order valence-electron chi connectivity index (χ3n) is 6.19. The van der Waals surface area contributed by atoms with E-state index in [1.807, 2.05) is 0 Å². The van der Waals surface area contributed by atoms with E-state index in [0.29, 0.717) is 22.8 Å². The van der Waals surface area contributed by atoms with Crippen LogP contribution in [-0.4, -0.2) is 43.1 Å². The Kier molecular flexibility index (Phi) is 9.15. The summed E-state index contributed by atoms with van der Waals surface area (Å²) in [6.07, 6.45) is -5.14. The zero-order chi connectivity index (χ0) is 28.7. The van der Waals surface area contributed by atoms with E-state index >= 15 is 0 Å². The highest BCUT2D eigenvalue weighted by atomic mass is 19.4. The third kappa shape index (κ3) is 7.66. The van der Waals surface area contributed by atoms with Crippen molar-refractivity contribution in [1.29, 1.82) is 0 Å². The van der Waals surface area contributed by atoms with Gasteiger partial charge in [-0.1, -0.05) is 30.3 Å². The fourth-order valence-corrected chi connectivity index (χ4v) is 4.23. The maximum absolute atomic E-state index is 13.4. The summed E-state index contributed by atoms with van der Waals surface area (Å²) in [5.41, 5.74) is 0.911. The van der Waals surface area contributed by atoms with Gasteiger partial charge in [-0.3, -0.25) is 4.79 Å². The minimum atomic E-state index is -4.54. The van der Waals surface area contributed by atoms with Crippen LogP contribution in [0.25, 0.3) is 0 Å². The van der Waals surface area contributed by atoms with Gasteiger partial charge in [0.2, 0.25) is 6.79 Å². The molecule has 0 spiro atoms. The number of rotatable bonds is 12. The highest BCUT2D eigenvalue weighted by Gasteiger charge is 2.31. The highest BCUT2D eigenvalue weighted by Crippen LogP contribution is 2.35. The van der Waals surface area contributed by atoms with E-state index in [1.165, 1.54) is 12.1 Å². The number of fused-ring (bicyclic) bond motifs is 1. The van der Waals surface area contributed by atoms with Crippen LogP contribution in [0.4, 0.5) is 13.2 Å². The number of hydrogen-bond donors (Lipinski definition) is 2. The molecule has 1 aliphatic rings. The fourth-order valence-electron chi connectivity index (χ4n) is 4.23. The van der Waals surface area contributed by atoms with Crippen LogP contribution in [-0.2, 0) is 33.3 Å². The van der Waals surface area contributed by atoms with Crippen molar-refractivity contribution in [2.24, 2.45) is 0 Å². The van der Waals surface area contributed by atoms with Crippen molar-refractivity contribution in [2.45, 2.75) is 38.1 Å². The summed E-state index contributed by atoms with van der Waals surface area (Å²) < 4.78 is 61.7. The Balaban J connectivity index is 1.43. The van der Waals surface area contributed by atoms with Gasteiger partial charge in [-0.15, -0.1) is 0 Å². The monoisotopic (exact) mass is 559 g/mol. The molecule has 1 heterocycles. The second-order valence-electron chi connectivity index (χ2n) is 9.05. The molecule has 0 saturated heterocycles. The molecule has 8 nitrogen and oxygen atoms in total. The first-order valence-electron chi connectivity index (χ1n) is 12.5. The van der Waals surface area contributed by atoms with E-state index < -0.39 is 35.8 Å². The summed E-state index contributed by atoms with van der Waals surface area (Å²) in [5.74, 6) is -0.133. The van der Waals surface area contributed by atoms with Gasteiger partial charge in [-0.2, -0.15) is 13.2 Å². The molecule has 2 atom stereocenters. The maximum Gasteiger partial charge on any atom is 0.416 e. The Morgan fingerprint density at radius 2 is 1.70 bits per heavy atom. The maximum atomic E-state index is 13.4. The molecule has 3 aromatic rings. The lowest BCUT2D eigenvalue weighted by Crippen LogP contribution is -2.34. The number of ether oxygens (including phenoxy) is 4. The summed E-state index contributed by atoms with van der Waals surface area (Å²) in [6, 6.07) is 15.8. The van der Waals surface area contributed by atoms with E-state index in [-0.39, 0.29) is 38.4 Å². The molecule has 40 heavy (non-hydrogen) atoms. The van der Waals surface area contributed by atoms with Gasteiger partial charge < -0.3 is 29.4 Å². The van der Waals surface area contributed by atoms with E-state index in [9.17, 15) is 27.9 Å². The summed E-state index contributed by atoms with van der Waals surface area (Å²) in [5, 5.41) is 12.0. The Labute approximate surface area is 228 Å². The first-order chi connectivity index (χ1) is 19.1. The molecule has 3 aromatic carbocycles. The van der Waals surface area contributed by atoms with Gasteiger partial charge in [-0.25, -0.2) is 4.79 Å². The van der Waals surface area contributed by atoms with Crippen molar-refractivity contribution in [2.75, 3.05) is 20.0 Å². The van der Waals surface area contributed by atoms with Crippen molar-refractivity contribution < 1.29 is 46.8 Å². The van der Waals surface area contributed by atoms with Crippen molar-refractivity contribution in [1.82, 2.24) is 5.32 Å². The molecule has 4 rings (SSSR count). The lowest BCUT2D eigenvalue weighted by atomic mass is 9.96. The predicted molar refractivity (Wildman–Crippen MR) is 137 cm³/mol. The van der Waals surface area contributed by atoms with Crippen LogP contribution < -0.4 is 19.5 Å². The Hall–Kier alpha value is -4.25. The number of alkyl halides is 3. The highest BCUT2D eigenvalue weighted by molar-refractivity contribution is 5.78. The van der Waals surface area contributed by atoms with E-state index in [1.54, 1.807) is 49.4 Å². The number of nitrogens with one attached hydrogen (secondary N) is 1. The molecule has 0 bridgehead atoms. The zero-order valence-electron chi connectivity index (χ0n) is 21.6. The predicted octanol–water partition coefficient (Wildman–Crippen LogP) is 4.95. The van der Waals surface area contributed by atoms with Crippen molar-refractivity contribution in [3.63, 3.8) is 0 Å². The minimum absolute atomic E-state index is 0.0809. The average molecular weight is 560 g/mol. The second-order valence-corrected chi connectivity index (χ2v) is 9.05. The Bertz CT molecular complexity index is 1330. The van der Waals surface area contributed by atoms with Gasteiger partial charge in [0.1, 0.15) is 5.75 Å². The topological polar surface area (TPSA) is 103 Å². The number of carbonyl (C=O) groups is 2. The Morgan fingerprint density at radius 3 is 2.40 bits per heavy atom. The molecule has 0 radical (unpaired) electrons. The van der Waals surface area contributed by atoms with Gasteiger partial charge in [0.25, 0.3) is 5.91 Å². The molecule has 0 fully saturated rings. The number of hydrogen-bond acceptors (Lipinski definition) is 6. The van der Waals surface area contributed by atoms with Gasteiger partial charge in [0, 0.05) is 13.0 Å². The number of halogens is 3. The van der Waals surface area contributed by atoms with Gasteiger partial charge in [-0.05, 0) is 66.4 Å². The van der Waals surface area contributed by atoms with Gasteiger partial charge >= 0.3 is 12.1 Å². The van der Waals surface area contributed by atoms with Crippen molar-refractivity contribution >= 4 is 11.9 Å². The van der Waals surface area contributed by atoms with Crippen LogP contribution in [0.15, 0.2) is 66.7 Å². The quantitative estimate of drug-likeness (QED) is 0.324. The normalized spacial score (nSPS) is 13.9. The average Bonchev–Trinajstić information content (AvgIpc) is 3.39. The van der Waals surface area contributed by atoms with Gasteiger partial charge in [0.05, 0.1) is 11.6 Å². The molecule has 11 heteroatoms. The number of carboxylic acid groups (broad SMARTS) is 1. The zero-order valence-corrected chi connectivity index (χ0v) is 21.6. The molecular weight excluding hydrogens is 531 g/mol. The number of carboxylic acids is 1. The number of benzene rings is 3. The smallest absolute Gasteiger partial charge is 0.416 e. The molecule has 0 aromatic heterocycles. The standard InChI is InChI=1S/C29H28F3NO7/c1-2-37-26(28(35)36)13-18-6-9-22(10-7-18)38-16-27(34)33-23(20-4-3-5-21(15-20)29(30,31)32)12-19-8-11-24-25(14-19)40-17-39-24/h3-11,14-15,23,26H,2,12-13,16-17H2,1H3,(H,33,34)(H,35,36)/t23?,26-/m0/s1. The molecule has 0 saturated carbocycles. The van der Waals surface area contributed by atoms with Gasteiger partial charge in [0.15, 0.2) is 24.2 Å². The molecule has 1 amide bonds. The number of carbonyl (C=O) groups excluding carboxylic acids is 1. The number of aliphatic carboxylic acids is 1. The molecule has 1 aliphatic heterocycles. The van der Waals surface area contributed by atoms with Crippen LogP contribution in [0, 0.1) is 0 Å². The summed E-state index contributed by atoms with van der Waals surface area (Å²) in [6.45, 7) is 1.68. The van der Waals surface area contributed by atoms with Crippen molar-refractivity contribution in [3.05, 3.63) is 89.0 Å². The summed E-state index contributed by atoms with van der Waals surface area (Å²) in [4.78, 5) is 24.1. The molecule has 1 unspecified atom stereocenters. The largest absolute Gasteiger partial charge is 0.484 e. The van der Waals surface area contributed by atoms with E-state index in [2.05, 4.69) is 5.32 Å². The first kappa shape index (κ1) is 28.8. The minimum Gasteiger partial charge on any atom is -0.484 e. The van der Waals surface area contributed by atoms with Crippen LogP contribution >= 0.6 is 0 Å². The fraction of sp³-hybridized carbons (Fsp3) is 0.310. The molecule has 212 valence electrons. The first-order valence-corrected chi connectivity index (χ1v) is 12.5. The lowest BCUT2D eigenvalue weighted by molar-refractivity contribution is -0.150. The summed E-state index contributed by atoms with van der Waals surface area (Å²) >= 11 is 0. The lowest BCUT2D eigenvalue weighted by Gasteiger charge is -2.21. The SMILES string of the molecule is CCO[C@@H](Cc1ccc(OCC(=O)NC(Cc2ccc3c(c2)OCO3)c2cccc(C(F)(F)F)c2)cc1)C(=O)O. The van der Waals surface area contributed by atoms with E-state index in [4.69, 9.17) is 18.9 Å². The molecular formula is C29H28F3NO7. The molecule has 2 N–H and O–H groups in total. The van der Waals surface area contributed by atoms with Crippen LogP contribution in [0.3, 0.4) is 0 Å². The number of amides is 1. The van der Waals surface area contributed by atoms with E-state index in [0.717, 1.165) is 17.7 Å². The second kappa shape index (κ2) is 12.7. The third-order valence-corrected chi connectivity index (χ3v) is 6.19. The van der Waals surface area contributed by atoms with Crippen LogP contribution in [0.1, 0.15) is 35.2 Å². The van der Waals surface area contributed by atoms with Crippen LogP contribution in [0.5, 0.6) is 17.2 Å². The van der Waals surface area contributed by atoms with Crippen molar-refractivity contribution in [3.8, 4) is 17.2 Å². The molecule has 0 aliphatic carbocycles. The van der Waals surface area contributed by atoms with Crippen LogP contribution in [0.2, 0.25) is 0 Å². The Morgan fingerprint density at radius 1 is 0.975 bits per heavy atom.